The maximum atomic E-state index is 13.2. The first-order valence-corrected chi connectivity index (χ1v) is 13.4. The van der Waals surface area contributed by atoms with Gasteiger partial charge < -0.3 is 9.47 Å². The number of hydrogen-bond donors (Lipinski definition) is 0. The number of rotatable bonds is 9. The van der Waals surface area contributed by atoms with Gasteiger partial charge in [0.1, 0.15) is 6.61 Å². The lowest BCUT2D eigenvalue weighted by atomic mass is 10.1. The highest BCUT2D eigenvalue weighted by Gasteiger charge is 2.33. The minimum Gasteiger partial charge on any atom is -0.490 e. The summed E-state index contributed by atoms with van der Waals surface area (Å²) in [5, 5.41) is 10.8. The standard InChI is InChI=1S/C26H22N2O5S3/c1-3-32-23-13-18(9-12-22(23)33-16-17-7-10-19(11-8-17)28(30)31)14-24-25(29)27(26(34)36-24)20-5-4-6-21(15-20)35-2/h4-15H,3,16H2,1-2H3/b24-14+. The molecule has 0 aliphatic carbocycles. The fourth-order valence-corrected chi connectivity index (χ4v) is 5.22. The second kappa shape index (κ2) is 11.6. The molecule has 4 rings (SSSR count). The van der Waals surface area contributed by atoms with Crippen LogP contribution >= 0.6 is 35.7 Å². The van der Waals surface area contributed by atoms with Crippen LogP contribution in [0, 0.1) is 10.1 Å². The largest absolute Gasteiger partial charge is 0.490 e. The predicted octanol–water partition coefficient (Wildman–Crippen LogP) is 6.70. The average Bonchev–Trinajstić information content (AvgIpc) is 3.16. The Morgan fingerprint density at radius 2 is 1.86 bits per heavy atom. The van der Waals surface area contributed by atoms with Crippen LogP contribution in [0.2, 0.25) is 0 Å². The molecule has 184 valence electrons. The number of nitro benzene ring substituents is 1. The van der Waals surface area contributed by atoms with E-state index < -0.39 is 4.92 Å². The zero-order valence-corrected chi connectivity index (χ0v) is 22.0. The van der Waals surface area contributed by atoms with Crippen molar-refractivity contribution < 1.29 is 19.2 Å². The zero-order chi connectivity index (χ0) is 25.7. The molecule has 1 aliphatic heterocycles. The number of carbonyl (C=O) groups excluding carboxylic acids is 1. The SMILES string of the molecule is CCOc1cc(/C=C2/SC(=S)N(c3cccc(SC)c3)C2=O)ccc1OCc1ccc([N+](=O)[O-])cc1. The molecule has 0 atom stereocenters. The molecule has 1 saturated heterocycles. The van der Waals surface area contributed by atoms with Crippen molar-refractivity contribution in [2.75, 3.05) is 17.8 Å². The summed E-state index contributed by atoms with van der Waals surface area (Å²) < 4.78 is 12.2. The van der Waals surface area contributed by atoms with Gasteiger partial charge in [-0.2, -0.15) is 0 Å². The van der Waals surface area contributed by atoms with Gasteiger partial charge in [-0.15, -0.1) is 11.8 Å². The first-order chi connectivity index (χ1) is 17.4. The number of hydrogen-bond acceptors (Lipinski definition) is 8. The number of thiocarbonyl (C=S) groups is 1. The quantitative estimate of drug-likeness (QED) is 0.0979. The fraction of sp³-hybridized carbons (Fsp3) is 0.154. The number of thioether (sulfide) groups is 2. The van der Waals surface area contributed by atoms with Gasteiger partial charge in [-0.1, -0.05) is 36.1 Å². The summed E-state index contributed by atoms with van der Waals surface area (Å²) in [7, 11) is 0. The highest BCUT2D eigenvalue weighted by Crippen LogP contribution is 2.38. The molecule has 3 aromatic rings. The lowest BCUT2D eigenvalue weighted by molar-refractivity contribution is -0.384. The van der Waals surface area contributed by atoms with Crippen LogP contribution in [0.4, 0.5) is 11.4 Å². The summed E-state index contributed by atoms with van der Waals surface area (Å²) in [6.07, 6.45) is 3.78. The molecule has 0 aromatic heterocycles. The van der Waals surface area contributed by atoms with Gasteiger partial charge in [0, 0.05) is 17.0 Å². The molecule has 1 fully saturated rings. The molecular weight excluding hydrogens is 516 g/mol. The molecule has 0 saturated carbocycles. The topological polar surface area (TPSA) is 81.9 Å². The first kappa shape index (κ1) is 25.7. The van der Waals surface area contributed by atoms with Crippen LogP contribution in [-0.2, 0) is 11.4 Å². The molecule has 0 N–H and O–H groups in total. The molecule has 0 bridgehead atoms. The van der Waals surface area contributed by atoms with Gasteiger partial charge in [0.15, 0.2) is 15.8 Å². The van der Waals surface area contributed by atoms with Crippen molar-refractivity contribution in [2.45, 2.75) is 18.4 Å². The fourth-order valence-electron chi connectivity index (χ4n) is 3.47. The summed E-state index contributed by atoms with van der Waals surface area (Å²) in [6.45, 7) is 2.54. The molecule has 7 nitrogen and oxygen atoms in total. The van der Waals surface area contributed by atoms with Gasteiger partial charge in [0.2, 0.25) is 0 Å². The Morgan fingerprint density at radius 3 is 2.56 bits per heavy atom. The van der Waals surface area contributed by atoms with Crippen LogP contribution < -0.4 is 14.4 Å². The monoisotopic (exact) mass is 538 g/mol. The zero-order valence-electron chi connectivity index (χ0n) is 19.5. The Hall–Kier alpha value is -3.34. The molecule has 10 heteroatoms. The van der Waals surface area contributed by atoms with Gasteiger partial charge in [0.25, 0.3) is 11.6 Å². The predicted molar refractivity (Wildman–Crippen MR) is 149 cm³/mol. The second-order valence-corrected chi connectivity index (χ2v) is 10.1. The minimum atomic E-state index is -0.439. The first-order valence-electron chi connectivity index (χ1n) is 10.9. The van der Waals surface area contributed by atoms with Crippen molar-refractivity contribution in [1.82, 2.24) is 0 Å². The Bertz CT molecular complexity index is 1340. The number of carbonyl (C=O) groups is 1. The molecule has 1 aliphatic rings. The molecule has 36 heavy (non-hydrogen) atoms. The van der Waals surface area contributed by atoms with E-state index in [0.717, 1.165) is 21.7 Å². The van der Waals surface area contributed by atoms with Crippen LogP contribution in [0.25, 0.3) is 6.08 Å². The van der Waals surface area contributed by atoms with Crippen molar-refractivity contribution in [3.63, 3.8) is 0 Å². The van der Waals surface area contributed by atoms with Crippen LogP contribution in [0.5, 0.6) is 11.5 Å². The summed E-state index contributed by atoms with van der Waals surface area (Å²) in [4.78, 5) is 26.7. The third-order valence-electron chi connectivity index (χ3n) is 5.21. The normalized spacial score (nSPS) is 14.4. The Balaban J connectivity index is 1.52. The highest BCUT2D eigenvalue weighted by atomic mass is 32.2. The molecule has 3 aromatic carbocycles. The van der Waals surface area contributed by atoms with E-state index in [0.29, 0.717) is 27.3 Å². The van der Waals surface area contributed by atoms with Crippen molar-refractivity contribution in [2.24, 2.45) is 0 Å². The number of benzene rings is 3. The van der Waals surface area contributed by atoms with Gasteiger partial charge in [-0.05, 0) is 72.8 Å². The van der Waals surface area contributed by atoms with E-state index in [1.165, 1.54) is 23.9 Å². The third-order valence-corrected chi connectivity index (χ3v) is 7.24. The number of non-ortho nitro benzene ring substituents is 1. The molecule has 1 amide bonds. The van der Waals surface area contributed by atoms with Crippen LogP contribution in [-0.4, -0.2) is 28.0 Å². The Morgan fingerprint density at radius 1 is 1.08 bits per heavy atom. The van der Waals surface area contributed by atoms with Crippen molar-refractivity contribution in [3.05, 3.63) is 92.9 Å². The summed E-state index contributed by atoms with van der Waals surface area (Å²) >= 11 is 8.37. The van der Waals surface area contributed by atoms with E-state index in [2.05, 4.69) is 0 Å². The number of nitrogens with zero attached hydrogens (tertiary/aromatic N) is 2. The lowest BCUT2D eigenvalue weighted by Crippen LogP contribution is -2.27. The number of ether oxygens (including phenoxy) is 2. The van der Waals surface area contributed by atoms with Gasteiger partial charge in [0.05, 0.1) is 22.1 Å². The highest BCUT2D eigenvalue weighted by molar-refractivity contribution is 8.27. The minimum absolute atomic E-state index is 0.0282. The van der Waals surface area contributed by atoms with Crippen LogP contribution in [0.3, 0.4) is 0 Å². The maximum absolute atomic E-state index is 13.2. The van der Waals surface area contributed by atoms with Crippen molar-refractivity contribution in [1.29, 1.82) is 0 Å². The molecule has 0 unspecified atom stereocenters. The number of anilines is 1. The van der Waals surface area contributed by atoms with E-state index in [4.69, 9.17) is 21.7 Å². The number of amides is 1. The van der Waals surface area contributed by atoms with E-state index >= 15 is 0 Å². The van der Waals surface area contributed by atoms with Crippen molar-refractivity contribution in [3.8, 4) is 11.5 Å². The Kier molecular flexibility index (Phi) is 8.29. The summed E-state index contributed by atoms with van der Waals surface area (Å²) in [6, 6.07) is 19.4. The van der Waals surface area contributed by atoms with E-state index in [1.807, 2.05) is 49.6 Å². The van der Waals surface area contributed by atoms with Gasteiger partial charge in [-0.3, -0.25) is 19.8 Å². The van der Waals surface area contributed by atoms with Crippen LogP contribution in [0.15, 0.2) is 76.5 Å². The average molecular weight is 539 g/mol. The van der Waals surface area contributed by atoms with Gasteiger partial charge >= 0.3 is 0 Å². The lowest BCUT2D eigenvalue weighted by Gasteiger charge is -2.15. The van der Waals surface area contributed by atoms with Gasteiger partial charge in [-0.25, -0.2) is 0 Å². The van der Waals surface area contributed by atoms with Crippen LogP contribution in [0.1, 0.15) is 18.1 Å². The summed E-state index contributed by atoms with van der Waals surface area (Å²) in [5.74, 6) is 0.907. The summed E-state index contributed by atoms with van der Waals surface area (Å²) in [5.41, 5.74) is 2.35. The second-order valence-electron chi connectivity index (χ2n) is 7.57. The molecule has 0 radical (unpaired) electrons. The van der Waals surface area contributed by atoms with E-state index in [-0.39, 0.29) is 18.2 Å². The van der Waals surface area contributed by atoms with E-state index in [1.54, 1.807) is 40.9 Å². The number of nitro groups is 1. The van der Waals surface area contributed by atoms with E-state index in [9.17, 15) is 14.9 Å². The van der Waals surface area contributed by atoms with Crippen molar-refractivity contribution >= 4 is 63.4 Å². The molecular formula is C26H22N2O5S3. The molecule has 0 spiro atoms. The molecule has 1 heterocycles. The smallest absolute Gasteiger partial charge is 0.270 e. The Labute approximate surface area is 222 Å². The third kappa shape index (κ3) is 5.89. The maximum Gasteiger partial charge on any atom is 0.270 e.